The van der Waals surface area contributed by atoms with Crippen LogP contribution in [0.1, 0.15) is 28.9 Å². The summed E-state index contributed by atoms with van der Waals surface area (Å²) in [5.41, 5.74) is 5.60. The lowest BCUT2D eigenvalue weighted by molar-refractivity contribution is -0.119. The third-order valence-electron chi connectivity index (χ3n) is 7.14. The number of hydrogen-bond acceptors (Lipinski definition) is 4. The molecule has 2 aliphatic heterocycles. The van der Waals surface area contributed by atoms with Gasteiger partial charge in [-0.05, 0) is 25.0 Å². The number of benzene rings is 1. The van der Waals surface area contributed by atoms with Crippen LogP contribution in [-0.2, 0) is 34.2 Å². The van der Waals surface area contributed by atoms with E-state index >= 15 is 0 Å². The van der Waals surface area contributed by atoms with Crippen LogP contribution in [0, 0.1) is 5.92 Å². The summed E-state index contributed by atoms with van der Waals surface area (Å²) in [5.74, 6) is 0.127. The first-order valence-electron chi connectivity index (χ1n) is 11.5. The summed E-state index contributed by atoms with van der Waals surface area (Å²) in [7, 11) is 3.62. The highest BCUT2D eigenvalue weighted by atomic mass is 16.5. The summed E-state index contributed by atoms with van der Waals surface area (Å²) in [4.78, 5) is 28.5. The Balaban J connectivity index is 1.48. The zero-order valence-electron chi connectivity index (χ0n) is 19.1. The molecule has 7 heteroatoms. The van der Waals surface area contributed by atoms with E-state index in [1.807, 2.05) is 65.0 Å². The number of ether oxygens (including phenoxy) is 1. The summed E-state index contributed by atoms with van der Waals surface area (Å²) in [6.45, 7) is 0.00712. The van der Waals surface area contributed by atoms with Gasteiger partial charge in [0.2, 0.25) is 0 Å². The van der Waals surface area contributed by atoms with E-state index in [4.69, 9.17) is 4.74 Å². The molecule has 172 valence electrons. The van der Waals surface area contributed by atoms with Crippen LogP contribution in [0.5, 0.6) is 0 Å². The van der Waals surface area contributed by atoms with Gasteiger partial charge in [0.15, 0.2) is 0 Å². The monoisotopic (exact) mass is 455 g/mol. The number of anilines is 1. The standard InChI is InChI=1S/C27H25N3O4/c1-28-14-21(19-12-17(34-2)7-8-22(19)28)20-13-25(32)30(27(20)33)26-18-5-3-4-6-23(18)29-10-9-16(15-31)11-24(26)29/h3-6,9-10,12-14,16,31H,7-8,11,15H2,1-2H3. The number of carbonyl (C=O) groups excluding carboxylic acids is 2. The molecule has 2 aromatic heterocycles. The van der Waals surface area contributed by atoms with Crippen LogP contribution in [0.4, 0.5) is 5.69 Å². The first-order valence-corrected chi connectivity index (χ1v) is 11.5. The fourth-order valence-corrected chi connectivity index (χ4v) is 5.45. The smallest absolute Gasteiger partial charge is 0.266 e. The lowest BCUT2D eigenvalue weighted by Crippen LogP contribution is -2.32. The van der Waals surface area contributed by atoms with E-state index < -0.39 is 0 Å². The fourth-order valence-electron chi connectivity index (χ4n) is 5.45. The number of carbonyl (C=O) groups is 2. The van der Waals surface area contributed by atoms with Crippen LogP contribution < -0.4 is 4.90 Å². The maximum absolute atomic E-state index is 13.8. The molecule has 3 aliphatic rings. The molecule has 0 radical (unpaired) electrons. The minimum absolute atomic E-state index is 0.00712. The van der Waals surface area contributed by atoms with Crippen LogP contribution in [0.2, 0.25) is 0 Å². The number of amides is 2. The van der Waals surface area contributed by atoms with Gasteiger partial charge < -0.3 is 19.0 Å². The lowest BCUT2D eigenvalue weighted by Gasteiger charge is -2.22. The molecule has 3 aromatic rings. The van der Waals surface area contributed by atoms with Crippen molar-refractivity contribution in [3.8, 4) is 0 Å². The highest BCUT2D eigenvalue weighted by Crippen LogP contribution is 2.42. The number of rotatable bonds is 4. The van der Waals surface area contributed by atoms with Crippen molar-refractivity contribution in [2.45, 2.75) is 19.3 Å². The first kappa shape index (κ1) is 20.7. The Morgan fingerprint density at radius 2 is 1.94 bits per heavy atom. The Kier molecular flexibility index (Phi) is 4.64. The molecule has 0 saturated carbocycles. The molecule has 1 atom stereocenters. The van der Waals surface area contributed by atoms with Crippen LogP contribution in [-0.4, -0.2) is 39.8 Å². The van der Waals surface area contributed by atoms with Gasteiger partial charge in [-0.25, -0.2) is 4.90 Å². The van der Waals surface area contributed by atoms with E-state index in [2.05, 4.69) is 0 Å². The number of aliphatic hydroxyl groups excluding tert-OH is 1. The van der Waals surface area contributed by atoms with Crippen LogP contribution in [0.3, 0.4) is 0 Å². The summed E-state index contributed by atoms with van der Waals surface area (Å²) < 4.78 is 9.52. The Hall–Kier alpha value is -3.84. The molecule has 1 unspecified atom stereocenters. The molecule has 7 nitrogen and oxygen atoms in total. The van der Waals surface area contributed by atoms with Crippen LogP contribution in [0.15, 0.2) is 48.4 Å². The number of para-hydroxylation sites is 1. The molecule has 4 heterocycles. The Labute approximate surface area is 196 Å². The molecule has 0 bridgehead atoms. The second-order valence-corrected chi connectivity index (χ2v) is 9.04. The summed E-state index contributed by atoms with van der Waals surface area (Å²) >= 11 is 0. The molecule has 1 aromatic carbocycles. The average Bonchev–Trinajstić information content (AvgIpc) is 3.46. The summed E-state index contributed by atoms with van der Waals surface area (Å²) in [6.07, 6.45) is 11.4. The van der Waals surface area contributed by atoms with Crippen molar-refractivity contribution in [3.63, 3.8) is 0 Å². The van der Waals surface area contributed by atoms with Crippen molar-refractivity contribution in [3.05, 3.63) is 70.9 Å². The number of aryl methyl sites for hydroxylation is 1. The topological polar surface area (TPSA) is 76.7 Å². The van der Waals surface area contributed by atoms with Gasteiger partial charge in [0.05, 0.1) is 29.6 Å². The maximum Gasteiger partial charge on any atom is 0.266 e. The molecule has 2 amide bonds. The van der Waals surface area contributed by atoms with Gasteiger partial charge in [0.25, 0.3) is 11.8 Å². The fraction of sp³-hybridized carbons (Fsp3) is 0.259. The molecule has 0 saturated heterocycles. The molecule has 6 rings (SSSR count). The van der Waals surface area contributed by atoms with Gasteiger partial charge in [-0.2, -0.15) is 0 Å². The molecule has 1 N–H and O–H groups in total. The second kappa shape index (κ2) is 7.60. The van der Waals surface area contributed by atoms with E-state index in [-0.39, 0.29) is 24.3 Å². The first-order chi connectivity index (χ1) is 16.5. The molecular formula is C27H25N3O4. The number of nitrogens with zero attached hydrogens (tertiary/aromatic N) is 3. The Bertz CT molecular complexity index is 1470. The maximum atomic E-state index is 13.8. The van der Waals surface area contributed by atoms with Crippen molar-refractivity contribution in [1.29, 1.82) is 0 Å². The average molecular weight is 456 g/mol. The van der Waals surface area contributed by atoms with Gasteiger partial charge in [-0.15, -0.1) is 0 Å². The lowest BCUT2D eigenvalue weighted by atomic mass is 9.96. The Morgan fingerprint density at radius 3 is 2.74 bits per heavy atom. The second-order valence-electron chi connectivity index (χ2n) is 9.04. The zero-order chi connectivity index (χ0) is 23.6. The van der Waals surface area contributed by atoms with Crippen LogP contribution in [0.25, 0.3) is 28.8 Å². The minimum Gasteiger partial charge on any atom is -0.501 e. The van der Waals surface area contributed by atoms with Gasteiger partial charge in [0, 0.05) is 72.4 Å². The number of methoxy groups -OCH3 is 1. The number of aliphatic hydroxyl groups is 1. The highest BCUT2D eigenvalue weighted by Gasteiger charge is 2.39. The van der Waals surface area contributed by atoms with Crippen molar-refractivity contribution < 1.29 is 19.4 Å². The van der Waals surface area contributed by atoms with E-state index in [9.17, 15) is 14.7 Å². The quantitative estimate of drug-likeness (QED) is 0.611. The number of allylic oxidation sites excluding steroid dienone is 1. The molecule has 1 aliphatic carbocycles. The number of hydrogen-bond donors (Lipinski definition) is 1. The van der Waals surface area contributed by atoms with Gasteiger partial charge >= 0.3 is 0 Å². The predicted octanol–water partition coefficient (Wildman–Crippen LogP) is 3.51. The number of aromatic nitrogens is 2. The van der Waals surface area contributed by atoms with E-state index in [0.29, 0.717) is 17.7 Å². The van der Waals surface area contributed by atoms with Crippen molar-refractivity contribution >= 4 is 46.3 Å². The van der Waals surface area contributed by atoms with E-state index in [1.165, 1.54) is 11.0 Å². The normalized spacial score (nSPS) is 19.4. The largest absolute Gasteiger partial charge is 0.501 e. The predicted molar refractivity (Wildman–Crippen MR) is 131 cm³/mol. The highest BCUT2D eigenvalue weighted by molar-refractivity contribution is 6.45. The molecular weight excluding hydrogens is 430 g/mol. The number of fused-ring (bicyclic) bond motifs is 4. The van der Waals surface area contributed by atoms with Gasteiger partial charge in [-0.1, -0.05) is 24.3 Å². The molecule has 0 fully saturated rings. The SMILES string of the molecule is COC1=Cc2c(C3=CC(=O)N(c4c5n(c6ccccc46)C=CC(CO)C5)C3=O)cn(C)c2CC1. The van der Waals surface area contributed by atoms with E-state index in [1.54, 1.807) is 7.11 Å². The third kappa shape index (κ3) is 2.86. The van der Waals surface area contributed by atoms with Gasteiger partial charge in [-0.3, -0.25) is 9.59 Å². The summed E-state index contributed by atoms with van der Waals surface area (Å²) in [5, 5.41) is 10.6. The zero-order valence-corrected chi connectivity index (χ0v) is 19.1. The number of imide groups is 1. The van der Waals surface area contributed by atoms with Gasteiger partial charge in [0.1, 0.15) is 0 Å². The van der Waals surface area contributed by atoms with Crippen LogP contribution >= 0.6 is 0 Å². The van der Waals surface area contributed by atoms with Crippen molar-refractivity contribution in [2.24, 2.45) is 13.0 Å². The van der Waals surface area contributed by atoms with Crippen molar-refractivity contribution in [2.75, 3.05) is 18.6 Å². The molecule has 34 heavy (non-hydrogen) atoms. The minimum atomic E-state index is -0.349. The van der Waals surface area contributed by atoms with E-state index in [0.717, 1.165) is 52.0 Å². The Morgan fingerprint density at radius 1 is 1.12 bits per heavy atom. The molecule has 0 spiro atoms. The summed E-state index contributed by atoms with van der Waals surface area (Å²) in [6, 6.07) is 7.78. The third-order valence-corrected chi connectivity index (χ3v) is 7.14. The van der Waals surface area contributed by atoms with Crippen molar-refractivity contribution in [1.82, 2.24) is 9.13 Å².